The minimum atomic E-state index is -0.414. The second-order valence-corrected chi connectivity index (χ2v) is 6.01. The average molecular weight is 320 g/mol. The number of benzene rings is 1. The maximum absolute atomic E-state index is 13.8. The highest BCUT2D eigenvalue weighted by atomic mass is 19.1. The normalized spacial score (nSPS) is 18.6. The number of rotatable bonds is 4. The van der Waals surface area contributed by atoms with Crippen LogP contribution in [0.2, 0.25) is 0 Å². The molecule has 0 aromatic heterocycles. The maximum atomic E-state index is 13.8. The van der Waals surface area contributed by atoms with E-state index in [0.717, 1.165) is 12.8 Å². The summed E-state index contributed by atoms with van der Waals surface area (Å²) in [6.45, 7) is 2.81. The summed E-state index contributed by atoms with van der Waals surface area (Å²) in [5, 5.41) is 5.06. The van der Waals surface area contributed by atoms with Crippen molar-refractivity contribution >= 4 is 17.6 Å². The third-order valence-electron chi connectivity index (χ3n) is 4.10. The van der Waals surface area contributed by atoms with Gasteiger partial charge in [0.25, 0.3) is 0 Å². The van der Waals surface area contributed by atoms with Crippen LogP contribution in [-0.4, -0.2) is 55.6 Å². The summed E-state index contributed by atoms with van der Waals surface area (Å²) in [7, 11) is 0. The summed E-state index contributed by atoms with van der Waals surface area (Å²) >= 11 is 0. The molecule has 1 aliphatic heterocycles. The number of carbonyl (C=O) groups excluding carboxylic acids is 2. The maximum Gasteiger partial charge on any atom is 0.321 e. The number of urea groups is 1. The molecule has 7 heteroatoms. The van der Waals surface area contributed by atoms with Crippen molar-refractivity contribution in [2.24, 2.45) is 0 Å². The lowest BCUT2D eigenvalue weighted by Gasteiger charge is -2.35. The van der Waals surface area contributed by atoms with Crippen molar-refractivity contribution in [2.75, 3.05) is 37.6 Å². The molecule has 3 amide bonds. The van der Waals surface area contributed by atoms with Crippen LogP contribution in [0.1, 0.15) is 12.8 Å². The molecule has 0 spiro atoms. The molecule has 6 nitrogen and oxygen atoms in total. The van der Waals surface area contributed by atoms with Gasteiger partial charge in [-0.15, -0.1) is 0 Å². The Bertz CT molecular complexity index is 583. The van der Waals surface area contributed by atoms with Crippen LogP contribution in [0, 0.1) is 5.82 Å². The van der Waals surface area contributed by atoms with Crippen LogP contribution in [0.15, 0.2) is 24.3 Å². The Morgan fingerprint density at radius 2 is 1.83 bits per heavy atom. The van der Waals surface area contributed by atoms with E-state index in [9.17, 15) is 14.0 Å². The lowest BCUT2D eigenvalue weighted by molar-refractivity contribution is -0.121. The lowest BCUT2D eigenvalue weighted by atomic mass is 10.2. The SMILES string of the molecule is O=C(CN1CCN(c2ccccc2F)CC1)NC(=O)NC1CC1. The zero-order chi connectivity index (χ0) is 16.2. The molecule has 0 bridgehead atoms. The number of hydrogen-bond acceptors (Lipinski definition) is 4. The van der Waals surface area contributed by atoms with E-state index in [1.807, 2.05) is 15.9 Å². The highest BCUT2D eigenvalue weighted by Gasteiger charge is 2.25. The Kier molecular flexibility index (Phi) is 4.76. The zero-order valence-corrected chi connectivity index (χ0v) is 12.9. The lowest BCUT2D eigenvalue weighted by Crippen LogP contribution is -2.51. The fourth-order valence-corrected chi connectivity index (χ4v) is 2.67. The van der Waals surface area contributed by atoms with Gasteiger partial charge in [0.2, 0.25) is 5.91 Å². The summed E-state index contributed by atoms with van der Waals surface area (Å²) in [4.78, 5) is 27.3. The number of nitrogens with zero attached hydrogens (tertiary/aromatic N) is 2. The van der Waals surface area contributed by atoms with Crippen LogP contribution >= 0.6 is 0 Å². The van der Waals surface area contributed by atoms with Gasteiger partial charge in [-0.2, -0.15) is 0 Å². The molecule has 124 valence electrons. The molecule has 3 rings (SSSR count). The Morgan fingerprint density at radius 3 is 2.48 bits per heavy atom. The molecule has 1 aliphatic carbocycles. The predicted molar refractivity (Wildman–Crippen MR) is 84.7 cm³/mol. The number of para-hydroxylation sites is 1. The number of hydrogen-bond donors (Lipinski definition) is 2. The molecule has 1 heterocycles. The molecule has 1 saturated heterocycles. The Hall–Kier alpha value is -2.15. The zero-order valence-electron chi connectivity index (χ0n) is 12.9. The minimum Gasteiger partial charge on any atom is -0.367 e. The van der Waals surface area contributed by atoms with Gasteiger partial charge in [0.05, 0.1) is 12.2 Å². The summed E-state index contributed by atoms with van der Waals surface area (Å²) in [6.07, 6.45) is 1.97. The van der Waals surface area contributed by atoms with Gasteiger partial charge in [-0.1, -0.05) is 12.1 Å². The van der Waals surface area contributed by atoms with Crippen molar-refractivity contribution in [3.05, 3.63) is 30.1 Å². The number of amides is 3. The Balaban J connectivity index is 1.42. The van der Waals surface area contributed by atoms with Gasteiger partial charge in [0.15, 0.2) is 0 Å². The van der Waals surface area contributed by atoms with Crippen molar-refractivity contribution in [2.45, 2.75) is 18.9 Å². The van der Waals surface area contributed by atoms with Crippen molar-refractivity contribution in [3.8, 4) is 0 Å². The number of anilines is 1. The molecule has 0 radical (unpaired) electrons. The number of carbonyl (C=O) groups is 2. The summed E-state index contributed by atoms with van der Waals surface area (Å²) in [5.41, 5.74) is 0.598. The van der Waals surface area contributed by atoms with Gasteiger partial charge in [-0.3, -0.25) is 15.0 Å². The molecule has 2 aliphatic rings. The standard InChI is InChI=1S/C16H21FN4O2/c17-13-3-1-2-4-14(13)21-9-7-20(8-10-21)11-15(22)19-16(23)18-12-5-6-12/h1-4,12H,5-11H2,(H2,18,19,22,23). The first-order valence-corrected chi connectivity index (χ1v) is 7.94. The van der Waals surface area contributed by atoms with Crippen LogP contribution in [0.3, 0.4) is 0 Å². The van der Waals surface area contributed by atoms with E-state index in [-0.39, 0.29) is 24.3 Å². The monoisotopic (exact) mass is 320 g/mol. The van der Waals surface area contributed by atoms with E-state index in [0.29, 0.717) is 31.9 Å². The molecular formula is C16H21FN4O2. The summed E-state index contributed by atoms with van der Waals surface area (Å²) in [5.74, 6) is -0.530. The third-order valence-corrected chi connectivity index (χ3v) is 4.10. The highest BCUT2D eigenvalue weighted by Crippen LogP contribution is 2.20. The molecular weight excluding hydrogens is 299 g/mol. The van der Waals surface area contributed by atoms with E-state index in [1.54, 1.807) is 12.1 Å². The third kappa shape index (κ3) is 4.41. The Labute approximate surface area is 134 Å². The Morgan fingerprint density at radius 1 is 1.13 bits per heavy atom. The fraction of sp³-hybridized carbons (Fsp3) is 0.500. The largest absolute Gasteiger partial charge is 0.367 e. The van der Waals surface area contributed by atoms with Crippen LogP contribution < -0.4 is 15.5 Å². The van der Waals surface area contributed by atoms with Gasteiger partial charge < -0.3 is 10.2 Å². The van der Waals surface area contributed by atoms with Crippen LogP contribution in [-0.2, 0) is 4.79 Å². The van der Waals surface area contributed by atoms with Crippen molar-refractivity contribution in [1.29, 1.82) is 0 Å². The molecule has 2 N–H and O–H groups in total. The van der Waals surface area contributed by atoms with Gasteiger partial charge in [-0.25, -0.2) is 9.18 Å². The van der Waals surface area contributed by atoms with Crippen LogP contribution in [0.5, 0.6) is 0 Å². The minimum absolute atomic E-state index is 0.184. The topological polar surface area (TPSA) is 64.7 Å². The van der Waals surface area contributed by atoms with Crippen molar-refractivity contribution in [3.63, 3.8) is 0 Å². The molecule has 1 saturated carbocycles. The van der Waals surface area contributed by atoms with Crippen LogP contribution in [0.25, 0.3) is 0 Å². The van der Waals surface area contributed by atoms with Gasteiger partial charge in [0.1, 0.15) is 5.82 Å². The smallest absolute Gasteiger partial charge is 0.321 e. The molecule has 1 aromatic carbocycles. The van der Waals surface area contributed by atoms with E-state index >= 15 is 0 Å². The molecule has 0 atom stereocenters. The second kappa shape index (κ2) is 6.95. The quantitative estimate of drug-likeness (QED) is 0.866. The number of halogens is 1. The molecule has 23 heavy (non-hydrogen) atoms. The first-order valence-electron chi connectivity index (χ1n) is 7.94. The summed E-state index contributed by atoms with van der Waals surface area (Å²) < 4.78 is 13.8. The van der Waals surface area contributed by atoms with Crippen molar-refractivity contribution < 1.29 is 14.0 Å². The van der Waals surface area contributed by atoms with E-state index in [2.05, 4.69) is 10.6 Å². The van der Waals surface area contributed by atoms with E-state index < -0.39 is 6.03 Å². The van der Waals surface area contributed by atoms with Crippen molar-refractivity contribution in [1.82, 2.24) is 15.5 Å². The van der Waals surface area contributed by atoms with Crippen LogP contribution in [0.4, 0.5) is 14.9 Å². The first-order chi connectivity index (χ1) is 11.1. The number of nitrogens with one attached hydrogen (secondary N) is 2. The van der Waals surface area contributed by atoms with E-state index in [4.69, 9.17) is 0 Å². The highest BCUT2D eigenvalue weighted by molar-refractivity contribution is 5.95. The number of imide groups is 1. The van der Waals surface area contributed by atoms with Gasteiger partial charge in [0, 0.05) is 32.2 Å². The van der Waals surface area contributed by atoms with E-state index in [1.165, 1.54) is 6.07 Å². The molecule has 2 fully saturated rings. The molecule has 0 unspecified atom stereocenters. The number of piperazine rings is 1. The fourth-order valence-electron chi connectivity index (χ4n) is 2.67. The van der Waals surface area contributed by atoms with Gasteiger partial charge in [-0.05, 0) is 25.0 Å². The molecule has 1 aromatic rings. The first kappa shape index (κ1) is 15.7. The summed E-state index contributed by atoms with van der Waals surface area (Å²) in [6, 6.07) is 6.52. The average Bonchev–Trinajstić information content (AvgIpc) is 3.32. The van der Waals surface area contributed by atoms with Gasteiger partial charge >= 0.3 is 6.03 Å². The predicted octanol–water partition coefficient (Wildman–Crippen LogP) is 0.936. The second-order valence-electron chi connectivity index (χ2n) is 6.01.